The highest BCUT2D eigenvalue weighted by atomic mass is 16.6. The molecule has 0 radical (unpaired) electrons. The zero-order valence-corrected chi connectivity index (χ0v) is 11.1. The van der Waals surface area contributed by atoms with Crippen molar-refractivity contribution in [2.24, 2.45) is 0 Å². The van der Waals surface area contributed by atoms with Gasteiger partial charge >= 0.3 is 5.97 Å². The van der Waals surface area contributed by atoms with E-state index >= 15 is 0 Å². The average Bonchev–Trinajstić information content (AvgIpc) is 2.40. The second-order valence-electron chi connectivity index (χ2n) is 3.66. The van der Waals surface area contributed by atoms with Crippen molar-refractivity contribution >= 4 is 11.7 Å². The van der Waals surface area contributed by atoms with Crippen LogP contribution in [0.1, 0.15) is 17.3 Å². The summed E-state index contributed by atoms with van der Waals surface area (Å²) in [5.74, 6) is -1.35. The van der Waals surface area contributed by atoms with Crippen LogP contribution in [0.4, 0.5) is 5.69 Å². The van der Waals surface area contributed by atoms with Gasteiger partial charge in [0.2, 0.25) is 0 Å². The molecule has 0 aliphatic rings. The number of phenols is 1. The molecule has 0 aliphatic heterocycles. The number of ether oxygens (including phenoxy) is 3. The molecule has 0 fully saturated rings. The second-order valence-corrected chi connectivity index (χ2v) is 3.66. The Morgan fingerprint density at radius 1 is 1.40 bits per heavy atom. The second kappa shape index (κ2) is 7.29. The summed E-state index contributed by atoms with van der Waals surface area (Å²) in [5, 5.41) is 20.7. The van der Waals surface area contributed by atoms with E-state index in [-0.39, 0.29) is 36.9 Å². The van der Waals surface area contributed by atoms with Crippen LogP contribution in [0, 0.1) is 10.1 Å². The molecule has 0 aromatic heterocycles. The number of benzene rings is 1. The summed E-state index contributed by atoms with van der Waals surface area (Å²) < 4.78 is 14.6. The molecule has 1 aromatic rings. The molecule has 8 nitrogen and oxygen atoms in total. The van der Waals surface area contributed by atoms with E-state index in [9.17, 15) is 20.0 Å². The maximum absolute atomic E-state index is 11.6. The SMILES string of the molecule is CCOC(=O)c1cc(O)c(OCCOC)cc1[N+](=O)[O-]. The third kappa shape index (κ3) is 3.82. The van der Waals surface area contributed by atoms with E-state index in [1.165, 1.54) is 7.11 Å². The number of carbonyl (C=O) groups is 1. The van der Waals surface area contributed by atoms with Crippen LogP contribution in [0.2, 0.25) is 0 Å². The molecular formula is C12H15NO7. The predicted molar refractivity (Wildman–Crippen MR) is 68.1 cm³/mol. The third-order valence-electron chi connectivity index (χ3n) is 2.31. The number of aromatic hydroxyl groups is 1. The zero-order chi connectivity index (χ0) is 15.1. The quantitative estimate of drug-likeness (QED) is 0.350. The lowest BCUT2D eigenvalue weighted by Gasteiger charge is -2.09. The fourth-order valence-electron chi connectivity index (χ4n) is 1.43. The van der Waals surface area contributed by atoms with Crippen molar-refractivity contribution in [3.8, 4) is 11.5 Å². The molecule has 0 unspecified atom stereocenters. The van der Waals surface area contributed by atoms with Gasteiger partial charge in [0.05, 0.1) is 24.2 Å². The molecule has 8 heteroatoms. The molecule has 0 heterocycles. The van der Waals surface area contributed by atoms with Crippen LogP contribution in [0.25, 0.3) is 0 Å². The van der Waals surface area contributed by atoms with Crippen molar-refractivity contribution in [2.75, 3.05) is 26.9 Å². The van der Waals surface area contributed by atoms with Gasteiger partial charge in [0.1, 0.15) is 12.2 Å². The fraction of sp³-hybridized carbons (Fsp3) is 0.417. The van der Waals surface area contributed by atoms with Crippen LogP contribution in [0.15, 0.2) is 12.1 Å². The highest BCUT2D eigenvalue weighted by Crippen LogP contribution is 2.34. The van der Waals surface area contributed by atoms with Gasteiger partial charge in [-0.1, -0.05) is 0 Å². The summed E-state index contributed by atoms with van der Waals surface area (Å²) in [7, 11) is 1.47. The Kier molecular flexibility index (Phi) is 5.73. The molecular weight excluding hydrogens is 270 g/mol. The lowest BCUT2D eigenvalue weighted by atomic mass is 10.1. The predicted octanol–water partition coefficient (Wildman–Crippen LogP) is 1.50. The van der Waals surface area contributed by atoms with Crippen molar-refractivity contribution in [1.29, 1.82) is 0 Å². The number of methoxy groups -OCH3 is 1. The third-order valence-corrected chi connectivity index (χ3v) is 2.31. The molecule has 0 saturated heterocycles. The van der Waals surface area contributed by atoms with Gasteiger partial charge in [0, 0.05) is 13.2 Å². The number of rotatable bonds is 7. The molecule has 20 heavy (non-hydrogen) atoms. The molecule has 0 atom stereocenters. The lowest BCUT2D eigenvalue weighted by Crippen LogP contribution is -2.09. The maximum atomic E-state index is 11.6. The summed E-state index contributed by atoms with van der Waals surface area (Å²) in [6, 6.07) is 1.94. The molecule has 1 N–H and O–H groups in total. The first-order valence-corrected chi connectivity index (χ1v) is 5.81. The van der Waals surface area contributed by atoms with Crippen LogP contribution in [0.5, 0.6) is 11.5 Å². The van der Waals surface area contributed by atoms with Crippen LogP contribution in [-0.2, 0) is 9.47 Å². The Bertz CT molecular complexity index is 501. The highest BCUT2D eigenvalue weighted by Gasteiger charge is 2.25. The number of carbonyl (C=O) groups excluding carboxylic acids is 1. The number of nitro benzene ring substituents is 1. The van der Waals surface area contributed by atoms with Crippen LogP contribution in [0.3, 0.4) is 0 Å². The zero-order valence-electron chi connectivity index (χ0n) is 11.1. The van der Waals surface area contributed by atoms with E-state index in [0.717, 1.165) is 12.1 Å². The van der Waals surface area contributed by atoms with Crippen molar-refractivity contribution in [3.05, 3.63) is 27.8 Å². The van der Waals surface area contributed by atoms with E-state index in [1.807, 2.05) is 0 Å². The monoisotopic (exact) mass is 285 g/mol. The van der Waals surface area contributed by atoms with Crippen LogP contribution < -0.4 is 4.74 Å². The van der Waals surface area contributed by atoms with Crippen molar-refractivity contribution in [2.45, 2.75) is 6.92 Å². The number of esters is 1. The first kappa shape index (κ1) is 15.7. The normalized spacial score (nSPS) is 10.1. The number of nitrogens with zero attached hydrogens (tertiary/aromatic N) is 1. The topological polar surface area (TPSA) is 108 Å². The van der Waals surface area contributed by atoms with E-state index in [0.29, 0.717) is 0 Å². The highest BCUT2D eigenvalue weighted by molar-refractivity contribution is 5.95. The molecule has 0 amide bonds. The van der Waals surface area contributed by atoms with Gasteiger partial charge < -0.3 is 19.3 Å². The Morgan fingerprint density at radius 3 is 2.65 bits per heavy atom. The van der Waals surface area contributed by atoms with E-state index < -0.39 is 16.6 Å². The van der Waals surface area contributed by atoms with Crippen LogP contribution in [-0.4, -0.2) is 42.9 Å². The number of nitro groups is 1. The molecule has 0 spiro atoms. The summed E-state index contributed by atoms with van der Waals surface area (Å²) in [6.45, 7) is 2.02. The Morgan fingerprint density at radius 2 is 2.10 bits per heavy atom. The van der Waals surface area contributed by atoms with Crippen molar-refractivity contribution < 1.29 is 29.0 Å². The Hall–Kier alpha value is -2.35. The Labute approximate surface area is 115 Å². The molecule has 0 saturated carbocycles. The standard InChI is InChI=1S/C12H15NO7/c1-3-19-12(15)8-6-10(14)11(20-5-4-18-2)7-9(8)13(16)17/h6-7,14H,3-5H2,1-2H3. The van der Waals surface area contributed by atoms with E-state index in [2.05, 4.69) is 0 Å². The van der Waals surface area contributed by atoms with Gasteiger partial charge in [-0.15, -0.1) is 0 Å². The molecule has 1 aromatic carbocycles. The minimum Gasteiger partial charge on any atom is -0.504 e. The van der Waals surface area contributed by atoms with E-state index in [1.54, 1.807) is 6.92 Å². The van der Waals surface area contributed by atoms with Gasteiger partial charge in [0.25, 0.3) is 5.69 Å². The van der Waals surface area contributed by atoms with Gasteiger partial charge in [-0.3, -0.25) is 10.1 Å². The maximum Gasteiger partial charge on any atom is 0.345 e. The largest absolute Gasteiger partial charge is 0.504 e. The molecule has 110 valence electrons. The van der Waals surface area contributed by atoms with Gasteiger partial charge in [0.15, 0.2) is 11.5 Å². The van der Waals surface area contributed by atoms with Crippen molar-refractivity contribution in [3.63, 3.8) is 0 Å². The fourth-order valence-corrected chi connectivity index (χ4v) is 1.43. The molecule has 1 rings (SSSR count). The molecule has 0 bridgehead atoms. The number of hydrogen-bond acceptors (Lipinski definition) is 7. The van der Waals surface area contributed by atoms with Crippen LogP contribution >= 0.6 is 0 Å². The van der Waals surface area contributed by atoms with Crippen molar-refractivity contribution in [1.82, 2.24) is 0 Å². The Balaban J connectivity index is 3.11. The number of phenolic OH excluding ortho intramolecular Hbond substituents is 1. The average molecular weight is 285 g/mol. The molecule has 0 aliphatic carbocycles. The minimum atomic E-state index is -0.877. The lowest BCUT2D eigenvalue weighted by molar-refractivity contribution is -0.385. The number of hydrogen-bond donors (Lipinski definition) is 1. The first-order chi connectivity index (χ1) is 9.51. The summed E-state index contributed by atoms with van der Waals surface area (Å²) in [4.78, 5) is 21.8. The summed E-state index contributed by atoms with van der Waals surface area (Å²) >= 11 is 0. The summed E-state index contributed by atoms with van der Waals surface area (Å²) in [5.41, 5.74) is -0.817. The summed E-state index contributed by atoms with van der Waals surface area (Å²) in [6.07, 6.45) is 0. The smallest absolute Gasteiger partial charge is 0.345 e. The first-order valence-electron chi connectivity index (χ1n) is 5.81. The van der Waals surface area contributed by atoms with Gasteiger partial charge in [-0.05, 0) is 6.92 Å². The van der Waals surface area contributed by atoms with Gasteiger partial charge in [-0.25, -0.2) is 4.79 Å². The van der Waals surface area contributed by atoms with Gasteiger partial charge in [-0.2, -0.15) is 0 Å². The van der Waals surface area contributed by atoms with E-state index in [4.69, 9.17) is 14.2 Å². The minimum absolute atomic E-state index is 0.0723.